The number of carboxylic acids is 2. The van der Waals surface area contributed by atoms with Crippen LogP contribution >= 0.6 is 11.6 Å². The van der Waals surface area contributed by atoms with Crippen molar-refractivity contribution >= 4 is 23.5 Å². The summed E-state index contributed by atoms with van der Waals surface area (Å²) in [5.41, 5.74) is 1.21. The monoisotopic (exact) mass is 386 g/mol. The highest BCUT2D eigenvalue weighted by atomic mass is 35.5. The van der Waals surface area contributed by atoms with Crippen LogP contribution in [-0.2, 0) is 15.0 Å². The molecule has 0 amide bonds. The van der Waals surface area contributed by atoms with Gasteiger partial charge in [0, 0.05) is 43.3 Å². The molecular formula is C18H27ClN2O5. The van der Waals surface area contributed by atoms with Crippen molar-refractivity contribution in [3.05, 3.63) is 28.8 Å². The number of hydrogen-bond donors (Lipinski definition) is 3. The molecule has 26 heavy (non-hydrogen) atoms. The van der Waals surface area contributed by atoms with Gasteiger partial charge in [-0.2, -0.15) is 0 Å². The van der Waals surface area contributed by atoms with Gasteiger partial charge in [-0.25, -0.2) is 9.59 Å². The minimum absolute atomic E-state index is 0.0370. The maximum atomic E-state index is 9.10. The third-order valence-electron chi connectivity index (χ3n) is 3.81. The van der Waals surface area contributed by atoms with Crippen LogP contribution in [-0.4, -0.2) is 66.4 Å². The van der Waals surface area contributed by atoms with Crippen LogP contribution in [0.25, 0.3) is 0 Å². The minimum Gasteiger partial charge on any atom is -0.492 e. The number of piperazine rings is 1. The zero-order valence-corrected chi connectivity index (χ0v) is 16.2. The second kappa shape index (κ2) is 10.4. The Labute approximate surface area is 158 Å². The zero-order valence-electron chi connectivity index (χ0n) is 15.4. The standard InChI is InChI=1S/C16H25ClN2O.C2H2O4/c1-16(2,3)14-12-13(17)4-5-15(14)20-11-10-19-8-6-18-7-9-19;3-1(4)2(5)6/h4-5,12,18H,6-11H2,1-3H3;(H,3,4)(H,5,6). The molecule has 0 radical (unpaired) electrons. The Bertz CT molecular complexity index is 598. The van der Waals surface area contributed by atoms with Crippen molar-refractivity contribution in [3.63, 3.8) is 0 Å². The second-order valence-corrected chi connectivity index (χ2v) is 7.38. The van der Waals surface area contributed by atoms with E-state index in [9.17, 15) is 0 Å². The third-order valence-corrected chi connectivity index (χ3v) is 4.04. The summed E-state index contributed by atoms with van der Waals surface area (Å²) < 4.78 is 6.00. The fourth-order valence-corrected chi connectivity index (χ4v) is 2.61. The van der Waals surface area contributed by atoms with Crippen molar-refractivity contribution in [2.75, 3.05) is 39.3 Å². The quantitative estimate of drug-likeness (QED) is 0.681. The average molecular weight is 387 g/mol. The third kappa shape index (κ3) is 8.03. The Morgan fingerprint density at radius 3 is 2.27 bits per heavy atom. The lowest BCUT2D eigenvalue weighted by Gasteiger charge is -2.28. The normalized spacial score (nSPS) is 14.9. The molecule has 0 saturated carbocycles. The topological polar surface area (TPSA) is 99.1 Å². The first-order valence-electron chi connectivity index (χ1n) is 8.43. The number of carbonyl (C=O) groups is 2. The van der Waals surface area contributed by atoms with Crippen LogP contribution in [0.4, 0.5) is 0 Å². The van der Waals surface area contributed by atoms with Crippen molar-refractivity contribution in [2.24, 2.45) is 0 Å². The zero-order chi connectivity index (χ0) is 19.7. The van der Waals surface area contributed by atoms with Crippen molar-refractivity contribution in [1.29, 1.82) is 0 Å². The number of halogens is 1. The van der Waals surface area contributed by atoms with Gasteiger partial charge in [0.05, 0.1) is 0 Å². The molecule has 2 rings (SSSR count). The Balaban J connectivity index is 0.000000487. The fourth-order valence-electron chi connectivity index (χ4n) is 2.43. The van der Waals surface area contributed by atoms with E-state index in [4.69, 9.17) is 36.1 Å². The van der Waals surface area contributed by atoms with Gasteiger partial charge < -0.3 is 20.3 Å². The van der Waals surface area contributed by atoms with E-state index in [1.807, 2.05) is 18.2 Å². The SMILES string of the molecule is CC(C)(C)c1cc(Cl)ccc1OCCN1CCNCC1.O=C(O)C(=O)O. The van der Waals surface area contributed by atoms with Gasteiger partial charge in [-0.15, -0.1) is 0 Å². The van der Waals surface area contributed by atoms with Crippen molar-refractivity contribution in [1.82, 2.24) is 10.2 Å². The molecule has 1 aromatic carbocycles. The van der Waals surface area contributed by atoms with Crippen molar-refractivity contribution < 1.29 is 24.5 Å². The maximum absolute atomic E-state index is 9.10. The summed E-state index contributed by atoms with van der Waals surface area (Å²) in [6.45, 7) is 12.6. The number of carboxylic acid groups (broad SMARTS) is 2. The molecule has 7 nitrogen and oxygen atoms in total. The Hall–Kier alpha value is -1.83. The molecule has 0 bridgehead atoms. The van der Waals surface area contributed by atoms with Crippen LogP contribution in [0.5, 0.6) is 5.75 Å². The smallest absolute Gasteiger partial charge is 0.414 e. The summed E-state index contributed by atoms with van der Waals surface area (Å²) in [6.07, 6.45) is 0. The first-order chi connectivity index (χ1) is 12.1. The molecule has 0 aliphatic carbocycles. The summed E-state index contributed by atoms with van der Waals surface area (Å²) in [4.78, 5) is 20.6. The lowest BCUT2D eigenvalue weighted by Crippen LogP contribution is -2.44. The predicted octanol–water partition coefficient (Wildman–Crippen LogP) is 2.08. The average Bonchev–Trinajstić information content (AvgIpc) is 2.56. The highest BCUT2D eigenvalue weighted by Gasteiger charge is 2.19. The van der Waals surface area contributed by atoms with Gasteiger partial charge in [-0.05, 0) is 23.6 Å². The van der Waals surface area contributed by atoms with Crippen LogP contribution < -0.4 is 10.1 Å². The summed E-state index contributed by atoms with van der Waals surface area (Å²) >= 11 is 6.11. The van der Waals surface area contributed by atoms with E-state index in [2.05, 4.69) is 31.0 Å². The molecule has 3 N–H and O–H groups in total. The second-order valence-electron chi connectivity index (χ2n) is 6.94. The van der Waals surface area contributed by atoms with Crippen LogP contribution in [0.15, 0.2) is 18.2 Å². The van der Waals surface area contributed by atoms with Gasteiger partial charge in [0.2, 0.25) is 0 Å². The summed E-state index contributed by atoms with van der Waals surface area (Å²) in [5.74, 6) is -2.69. The molecule has 1 heterocycles. The number of nitrogens with one attached hydrogen (secondary N) is 1. The minimum atomic E-state index is -1.82. The summed E-state index contributed by atoms with van der Waals surface area (Å²) in [6, 6.07) is 5.90. The molecule has 0 atom stereocenters. The molecule has 1 saturated heterocycles. The highest BCUT2D eigenvalue weighted by molar-refractivity contribution is 6.30. The predicted molar refractivity (Wildman–Crippen MR) is 100 cm³/mol. The summed E-state index contributed by atoms with van der Waals surface area (Å²) in [5, 5.41) is 18.9. The molecule has 0 aromatic heterocycles. The molecular weight excluding hydrogens is 360 g/mol. The van der Waals surface area contributed by atoms with Crippen LogP contribution in [0, 0.1) is 0 Å². The Morgan fingerprint density at radius 2 is 1.77 bits per heavy atom. The molecule has 8 heteroatoms. The maximum Gasteiger partial charge on any atom is 0.414 e. The number of ether oxygens (including phenoxy) is 1. The molecule has 1 aromatic rings. The lowest BCUT2D eigenvalue weighted by molar-refractivity contribution is -0.159. The van der Waals surface area contributed by atoms with Gasteiger partial charge >= 0.3 is 11.9 Å². The number of aliphatic carboxylic acids is 2. The van der Waals surface area contributed by atoms with Crippen molar-refractivity contribution in [3.8, 4) is 5.75 Å². The molecule has 146 valence electrons. The lowest BCUT2D eigenvalue weighted by atomic mass is 9.86. The van der Waals surface area contributed by atoms with E-state index >= 15 is 0 Å². The first-order valence-corrected chi connectivity index (χ1v) is 8.81. The van der Waals surface area contributed by atoms with Crippen molar-refractivity contribution in [2.45, 2.75) is 26.2 Å². The molecule has 0 spiro atoms. The number of hydrogen-bond acceptors (Lipinski definition) is 5. The van der Waals surface area contributed by atoms with E-state index in [0.29, 0.717) is 0 Å². The largest absolute Gasteiger partial charge is 0.492 e. The van der Waals surface area contributed by atoms with Crippen LogP contribution in [0.1, 0.15) is 26.3 Å². The van der Waals surface area contributed by atoms with Gasteiger partial charge in [-0.1, -0.05) is 32.4 Å². The number of nitrogens with zero attached hydrogens (tertiary/aromatic N) is 1. The first kappa shape index (κ1) is 22.2. The van der Waals surface area contributed by atoms with E-state index in [1.54, 1.807) is 0 Å². The van der Waals surface area contributed by atoms with E-state index in [0.717, 1.165) is 50.1 Å². The number of benzene rings is 1. The van der Waals surface area contributed by atoms with E-state index < -0.39 is 11.9 Å². The van der Waals surface area contributed by atoms with Crippen LogP contribution in [0.3, 0.4) is 0 Å². The van der Waals surface area contributed by atoms with Crippen LogP contribution in [0.2, 0.25) is 5.02 Å². The summed E-state index contributed by atoms with van der Waals surface area (Å²) in [7, 11) is 0. The van der Waals surface area contributed by atoms with E-state index in [-0.39, 0.29) is 5.41 Å². The fraction of sp³-hybridized carbons (Fsp3) is 0.556. The molecule has 1 aliphatic heterocycles. The molecule has 0 unspecified atom stereocenters. The van der Waals surface area contributed by atoms with Gasteiger partial charge in [0.1, 0.15) is 12.4 Å². The highest BCUT2D eigenvalue weighted by Crippen LogP contribution is 2.33. The molecule has 1 fully saturated rings. The molecule has 1 aliphatic rings. The number of rotatable bonds is 4. The van der Waals surface area contributed by atoms with E-state index in [1.165, 1.54) is 5.56 Å². The van der Waals surface area contributed by atoms with Gasteiger partial charge in [0.25, 0.3) is 0 Å². The Morgan fingerprint density at radius 1 is 1.19 bits per heavy atom. The van der Waals surface area contributed by atoms with Gasteiger partial charge in [0.15, 0.2) is 0 Å². The Kier molecular flexibility index (Phi) is 8.84. The van der Waals surface area contributed by atoms with Gasteiger partial charge in [-0.3, -0.25) is 4.90 Å².